The molecule has 0 aromatic carbocycles. The monoisotopic (exact) mass is 252 g/mol. The van der Waals surface area contributed by atoms with Gasteiger partial charge < -0.3 is 14.7 Å². The van der Waals surface area contributed by atoms with Crippen LogP contribution in [-0.4, -0.2) is 30.2 Å². The molecule has 1 amide bonds. The number of aryl methyl sites for hydroxylation is 1. The van der Waals surface area contributed by atoms with Gasteiger partial charge in [-0.15, -0.1) is 0 Å². The summed E-state index contributed by atoms with van der Waals surface area (Å²) >= 11 is 0. The summed E-state index contributed by atoms with van der Waals surface area (Å²) in [5, 5.41) is 6.59. The van der Waals surface area contributed by atoms with Crippen LogP contribution in [0.3, 0.4) is 0 Å². The van der Waals surface area contributed by atoms with Gasteiger partial charge in [-0.1, -0.05) is 12.1 Å². The van der Waals surface area contributed by atoms with Gasteiger partial charge in [0.15, 0.2) is 11.9 Å². The summed E-state index contributed by atoms with van der Waals surface area (Å²) in [5.74, 6) is 2.03. The van der Waals surface area contributed by atoms with Crippen molar-refractivity contribution in [3.63, 3.8) is 0 Å². The SMILES string of the molecule is Cc1cc(NC(=O)[C@H](C)[NH+]2CCC(C)CC2)no1. The summed E-state index contributed by atoms with van der Waals surface area (Å²) < 4.78 is 4.93. The van der Waals surface area contributed by atoms with Crippen molar-refractivity contribution < 1.29 is 14.2 Å². The zero-order chi connectivity index (χ0) is 13.1. The zero-order valence-electron chi connectivity index (χ0n) is 11.3. The number of carbonyl (C=O) groups excluding carboxylic acids is 1. The Bertz CT molecular complexity index is 408. The van der Waals surface area contributed by atoms with Crippen molar-refractivity contribution in [2.45, 2.75) is 39.7 Å². The minimum Gasteiger partial charge on any atom is -0.360 e. The lowest BCUT2D eigenvalue weighted by Crippen LogP contribution is -3.17. The van der Waals surface area contributed by atoms with Crippen LogP contribution in [0.25, 0.3) is 0 Å². The second-order valence-electron chi connectivity index (χ2n) is 5.37. The molecule has 2 heterocycles. The average molecular weight is 252 g/mol. The first-order valence-electron chi connectivity index (χ1n) is 6.65. The van der Waals surface area contributed by atoms with Crippen LogP contribution in [0.2, 0.25) is 0 Å². The highest BCUT2D eigenvalue weighted by atomic mass is 16.5. The van der Waals surface area contributed by atoms with E-state index in [1.807, 2.05) is 13.8 Å². The van der Waals surface area contributed by atoms with Crippen LogP contribution in [0.15, 0.2) is 10.6 Å². The third kappa shape index (κ3) is 3.10. The number of quaternary nitrogens is 1. The third-order valence-corrected chi connectivity index (χ3v) is 3.80. The number of hydrogen-bond acceptors (Lipinski definition) is 3. The highest BCUT2D eigenvalue weighted by molar-refractivity contribution is 5.92. The van der Waals surface area contributed by atoms with Crippen molar-refractivity contribution in [3.8, 4) is 0 Å². The van der Waals surface area contributed by atoms with Gasteiger partial charge in [-0.25, -0.2) is 0 Å². The van der Waals surface area contributed by atoms with Gasteiger partial charge in [-0.2, -0.15) is 0 Å². The first kappa shape index (κ1) is 13.1. The number of nitrogens with one attached hydrogen (secondary N) is 2. The van der Waals surface area contributed by atoms with E-state index in [2.05, 4.69) is 17.4 Å². The van der Waals surface area contributed by atoms with Gasteiger partial charge in [0.1, 0.15) is 5.76 Å². The molecule has 5 heteroatoms. The van der Waals surface area contributed by atoms with E-state index in [0.717, 1.165) is 19.0 Å². The van der Waals surface area contributed by atoms with Crippen molar-refractivity contribution in [3.05, 3.63) is 11.8 Å². The lowest BCUT2D eigenvalue weighted by molar-refractivity contribution is -0.919. The molecular weight excluding hydrogens is 230 g/mol. The predicted molar refractivity (Wildman–Crippen MR) is 68.4 cm³/mol. The molecule has 2 N–H and O–H groups in total. The molecule has 1 aromatic rings. The Kier molecular flexibility index (Phi) is 4.01. The smallest absolute Gasteiger partial charge is 0.283 e. The van der Waals surface area contributed by atoms with Crippen molar-refractivity contribution >= 4 is 11.7 Å². The maximum Gasteiger partial charge on any atom is 0.283 e. The second kappa shape index (κ2) is 5.52. The van der Waals surface area contributed by atoms with E-state index in [1.54, 1.807) is 6.07 Å². The van der Waals surface area contributed by atoms with Crippen LogP contribution in [0.1, 0.15) is 32.4 Å². The minimum absolute atomic E-state index is 0.0212. The molecular formula is C13H22N3O2+. The maximum atomic E-state index is 12.1. The molecule has 1 fully saturated rings. The first-order valence-corrected chi connectivity index (χ1v) is 6.65. The lowest BCUT2D eigenvalue weighted by Gasteiger charge is -2.30. The Balaban J connectivity index is 1.88. The van der Waals surface area contributed by atoms with E-state index in [1.165, 1.54) is 17.7 Å². The van der Waals surface area contributed by atoms with E-state index in [0.29, 0.717) is 11.6 Å². The number of piperidine rings is 1. The molecule has 5 nitrogen and oxygen atoms in total. The van der Waals surface area contributed by atoms with Gasteiger partial charge in [-0.3, -0.25) is 4.79 Å². The number of aromatic nitrogens is 1. The first-order chi connectivity index (χ1) is 8.56. The van der Waals surface area contributed by atoms with Crippen molar-refractivity contribution in [2.24, 2.45) is 5.92 Å². The number of likely N-dealkylation sites (tertiary alicyclic amines) is 1. The van der Waals surface area contributed by atoms with Crippen LogP contribution in [0.5, 0.6) is 0 Å². The molecule has 100 valence electrons. The van der Waals surface area contributed by atoms with Crippen LogP contribution in [0.4, 0.5) is 5.82 Å². The topological polar surface area (TPSA) is 59.6 Å². The van der Waals surface area contributed by atoms with Crippen LogP contribution in [-0.2, 0) is 4.79 Å². The minimum atomic E-state index is -0.0329. The fourth-order valence-corrected chi connectivity index (χ4v) is 2.41. The van der Waals surface area contributed by atoms with Gasteiger partial charge in [0.25, 0.3) is 5.91 Å². The average Bonchev–Trinajstić information content (AvgIpc) is 2.75. The van der Waals surface area contributed by atoms with E-state index < -0.39 is 0 Å². The summed E-state index contributed by atoms with van der Waals surface area (Å²) in [6.45, 7) is 8.22. The number of carbonyl (C=O) groups is 1. The maximum absolute atomic E-state index is 12.1. The predicted octanol–water partition coefficient (Wildman–Crippen LogP) is 0.625. The van der Waals surface area contributed by atoms with Crippen molar-refractivity contribution in [2.75, 3.05) is 18.4 Å². The zero-order valence-corrected chi connectivity index (χ0v) is 11.3. The molecule has 0 spiro atoms. The van der Waals surface area contributed by atoms with Gasteiger partial charge in [0, 0.05) is 6.07 Å². The number of amides is 1. The summed E-state index contributed by atoms with van der Waals surface area (Å²) in [6.07, 6.45) is 2.41. The number of nitrogens with zero attached hydrogens (tertiary/aromatic N) is 1. The number of hydrogen-bond donors (Lipinski definition) is 2. The van der Waals surface area contributed by atoms with E-state index in [4.69, 9.17) is 4.52 Å². The molecule has 0 unspecified atom stereocenters. The molecule has 2 rings (SSSR count). The molecule has 1 aliphatic heterocycles. The van der Waals surface area contributed by atoms with Crippen molar-refractivity contribution in [1.82, 2.24) is 5.16 Å². The molecule has 1 aliphatic rings. The van der Waals surface area contributed by atoms with Crippen molar-refractivity contribution in [1.29, 1.82) is 0 Å². The quantitative estimate of drug-likeness (QED) is 0.829. The Labute approximate surface area is 108 Å². The molecule has 0 radical (unpaired) electrons. The van der Waals surface area contributed by atoms with Gasteiger partial charge in [0.2, 0.25) is 0 Å². The number of anilines is 1. The molecule has 0 aliphatic carbocycles. The Hall–Kier alpha value is -1.36. The second-order valence-corrected chi connectivity index (χ2v) is 5.37. The highest BCUT2D eigenvalue weighted by Gasteiger charge is 2.29. The van der Waals surface area contributed by atoms with E-state index in [-0.39, 0.29) is 11.9 Å². The Morgan fingerprint density at radius 3 is 2.78 bits per heavy atom. The Morgan fingerprint density at radius 1 is 1.56 bits per heavy atom. The van der Waals surface area contributed by atoms with Gasteiger partial charge in [-0.05, 0) is 32.6 Å². The highest BCUT2D eigenvalue weighted by Crippen LogP contribution is 2.09. The fourth-order valence-electron chi connectivity index (χ4n) is 2.41. The van der Waals surface area contributed by atoms with E-state index in [9.17, 15) is 4.79 Å². The van der Waals surface area contributed by atoms with Crippen LogP contribution >= 0.6 is 0 Å². The molecule has 18 heavy (non-hydrogen) atoms. The lowest BCUT2D eigenvalue weighted by atomic mass is 9.98. The van der Waals surface area contributed by atoms with Gasteiger partial charge >= 0.3 is 0 Å². The normalized spacial score (nSPS) is 25.7. The number of rotatable bonds is 3. The molecule has 1 aromatic heterocycles. The summed E-state index contributed by atoms with van der Waals surface area (Å²) in [6, 6.07) is 1.70. The third-order valence-electron chi connectivity index (χ3n) is 3.80. The molecule has 0 saturated carbocycles. The van der Waals surface area contributed by atoms with Crippen LogP contribution < -0.4 is 10.2 Å². The van der Waals surface area contributed by atoms with E-state index >= 15 is 0 Å². The molecule has 0 bridgehead atoms. The summed E-state index contributed by atoms with van der Waals surface area (Å²) in [7, 11) is 0. The van der Waals surface area contributed by atoms with Gasteiger partial charge in [0.05, 0.1) is 13.1 Å². The fraction of sp³-hybridized carbons (Fsp3) is 0.692. The summed E-state index contributed by atoms with van der Waals surface area (Å²) in [5.41, 5.74) is 0. The molecule has 1 atom stereocenters. The van der Waals surface area contributed by atoms with Crippen LogP contribution in [0, 0.1) is 12.8 Å². The summed E-state index contributed by atoms with van der Waals surface area (Å²) in [4.78, 5) is 13.5. The molecule has 1 saturated heterocycles. The Morgan fingerprint density at radius 2 is 2.22 bits per heavy atom. The largest absolute Gasteiger partial charge is 0.360 e. The standard InChI is InChI=1S/C13H21N3O2/c1-9-4-6-16(7-5-9)11(3)13(17)14-12-8-10(2)18-15-12/h8-9,11H,4-7H2,1-3H3,(H,14,15,17)/p+1/t11-/m0/s1.